The Morgan fingerprint density at radius 1 is 0.950 bits per heavy atom. The largest absolute Gasteiger partial charge is 0.323 e. The number of sulfone groups is 1. The van der Waals surface area contributed by atoms with Crippen LogP contribution in [0.25, 0.3) is 0 Å². The van der Waals surface area contributed by atoms with Crippen LogP contribution in [0.15, 0.2) is 78.2 Å². The van der Waals surface area contributed by atoms with E-state index in [0.717, 1.165) is 5.56 Å². The molecule has 2 aromatic carbocycles. The Labute approximate surface area is 119 Å². The van der Waals surface area contributed by atoms with Gasteiger partial charge in [0, 0.05) is 0 Å². The minimum atomic E-state index is -3.54. The average Bonchev–Trinajstić information content (AvgIpc) is 2.49. The number of benzene rings is 2. The van der Waals surface area contributed by atoms with E-state index < -0.39 is 21.1 Å². The molecular formula is C16H17NO2S. The van der Waals surface area contributed by atoms with Crippen molar-refractivity contribution >= 4 is 9.84 Å². The minimum Gasteiger partial charge on any atom is -0.323 e. The van der Waals surface area contributed by atoms with E-state index >= 15 is 0 Å². The van der Waals surface area contributed by atoms with E-state index in [0.29, 0.717) is 0 Å². The fraction of sp³-hybridized carbons (Fsp3) is 0.125. The molecule has 0 amide bonds. The van der Waals surface area contributed by atoms with Crippen LogP contribution in [0.2, 0.25) is 0 Å². The maximum Gasteiger partial charge on any atom is 0.186 e. The summed E-state index contributed by atoms with van der Waals surface area (Å²) >= 11 is 0. The van der Waals surface area contributed by atoms with E-state index in [4.69, 9.17) is 5.73 Å². The third kappa shape index (κ3) is 2.81. The maximum atomic E-state index is 12.6. The average molecular weight is 287 g/mol. The molecule has 0 unspecified atom stereocenters. The van der Waals surface area contributed by atoms with Gasteiger partial charge in [0.05, 0.1) is 10.9 Å². The molecule has 0 fully saturated rings. The molecule has 0 aliphatic rings. The van der Waals surface area contributed by atoms with E-state index in [1.54, 1.807) is 30.3 Å². The Bertz CT molecular complexity index is 666. The first kappa shape index (κ1) is 14.5. The summed E-state index contributed by atoms with van der Waals surface area (Å²) in [7, 11) is -3.54. The van der Waals surface area contributed by atoms with Crippen LogP contribution >= 0.6 is 0 Å². The first-order chi connectivity index (χ1) is 9.57. The Morgan fingerprint density at radius 3 is 1.95 bits per heavy atom. The summed E-state index contributed by atoms with van der Waals surface area (Å²) in [6.45, 7) is 3.64. The van der Waals surface area contributed by atoms with Crippen LogP contribution in [0.4, 0.5) is 0 Å². The molecule has 0 aliphatic heterocycles. The van der Waals surface area contributed by atoms with Crippen molar-refractivity contribution in [3.05, 3.63) is 78.9 Å². The van der Waals surface area contributed by atoms with Crippen molar-refractivity contribution < 1.29 is 8.42 Å². The molecule has 0 radical (unpaired) electrons. The van der Waals surface area contributed by atoms with Crippen LogP contribution in [-0.2, 0) is 9.84 Å². The van der Waals surface area contributed by atoms with Gasteiger partial charge in [-0.1, -0.05) is 54.6 Å². The molecule has 0 aliphatic carbocycles. The molecule has 0 saturated carbocycles. The van der Waals surface area contributed by atoms with Gasteiger partial charge in [-0.25, -0.2) is 8.42 Å². The van der Waals surface area contributed by atoms with Crippen molar-refractivity contribution in [2.75, 3.05) is 0 Å². The van der Waals surface area contributed by atoms with Gasteiger partial charge in [0.15, 0.2) is 9.84 Å². The van der Waals surface area contributed by atoms with Crippen molar-refractivity contribution in [3.63, 3.8) is 0 Å². The first-order valence-corrected chi connectivity index (χ1v) is 7.84. The zero-order valence-electron chi connectivity index (χ0n) is 11.0. The predicted molar refractivity (Wildman–Crippen MR) is 81.0 cm³/mol. The third-order valence-electron chi connectivity index (χ3n) is 3.20. The van der Waals surface area contributed by atoms with E-state index in [1.165, 1.54) is 6.08 Å². The van der Waals surface area contributed by atoms with E-state index in [-0.39, 0.29) is 4.90 Å². The van der Waals surface area contributed by atoms with E-state index in [2.05, 4.69) is 6.58 Å². The van der Waals surface area contributed by atoms with Crippen molar-refractivity contribution in [2.45, 2.75) is 16.2 Å². The minimum absolute atomic E-state index is 0.260. The SMILES string of the molecule is C=C[C@@H]([C@H](N)c1ccccc1)S(=O)(=O)c1ccccc1. The standard InChI is InChI=1S/C16H17NO2S/c1-2-15(16(17)13-9-5-3-6-10-13)20(18,19)14-11-7-4-8-12-14/h2-12,15-16H,1,17H2/t15-,16+/m0/s1. The highest BCUT2D eigenvalue weighted by Crippen LogP contribution is 2.26. The Morgan fingerprint density at radius 2 is 1.45 bits per heavy atom. The number of nitrogens with two attached hydrogens (primary N) is 1. The molecular weight excluding hydrogens is 270 g/mol. The second-order valence-electron chi connectivity index (χ2n) is 4.49. The lowest BCUT2D eigenvalue weighted by Crippen LogP contribution is -2.32. The van der Waals surface area contributed by atoms with Crippen LogP contribution in [0, 0.1) is 0 Å². The molecule has 0 aromatic heterocycles. The fourth-order valence-corrected chi connectivity index (χ4v) is 3.75. The lowest BCUT2D eigenvalue weighted by atomic mass is 10.0. The number of hydrogen-bond donors (Lipinski definition) is 1. The molecule has 3 nitrogen and oxygen atoms in total. The van der Waals surface area contributed by atoms with E-state index in [1.807, 2.05) is 30.3 Å². The van der Waals surface area contributed by atoms with Gasteiger partial charge in [0.25, 0.3) is 0 Å². The van der Waals surface area contributed by atoms with Gasteiger partial charge in [-0.05, 0) is 17.7 Å². The topological polar surface area (TPSA) is 60.2 Å². The quantitative estimate of drug-likeness (QED) is 0.860. The van der Waals surface area contributed by atoms with Gasteiger partial charge in [-0.15, -0.1) is 6.58 Å². The summed E-state index contributed by atoms with van der Waals surface area (Å²) in [5.74, 6) is 0. The van der Waals surface area contributed by atoms with Gasteiger partial charge >= 0.3 is 0 Å². The summed E-state index contributed by atoms with van der Waals surface area (Å²) in [5, 5.41) is -0.854. The molecule has 2 N–H and O–H groups in total. The van der Waals surface area contributed by atoms with Crippen LogP contribution in [0.5, 0.6) is 0 Å². The fourth-order valence-electron chi connectivity index (χ4n) is 2.10. The summed E-state index contributed by atoms with van der Waals surface area (Å²) in [6, 6.07) is 16.9. The molecule has 0 spiro atoms. The molecule has 104 valence electrons. The lowest BCUT2D eigenvalue weighted by molar-refractivity contribution is 0.575. The molecule has 2 aromatic rings. The van der Waals surface area contributed by atoms with Gasteiger partial charge in [0.1, 0.15) is 5.25 Å². The zero-order valence-corrected chi connectivity index (χ0v) is 11.8. The summed E-state index contributed by atoms with van der Waals surface area (Å²) < 4.78 is 25.3. The number of hydrogen-bond acceptors (Lipinski definition) is 3. The van der Waals surface area contributed by atoms with Gasteiger partial charge < -0.3 is 5.73 Å². The summed E-state index contributed by atoms with van der Waals surface area (Å²) in [5.41, 5.74) is 6.90. The second kappa shape index (κ2) is 6.03. The monoisotopic (exact) mass is 287 g/mol. The predicted octanol–water partition coefficient (Wildman–Crippen LogP) is 2.71. The van der Waals surface area contributed by atoms with Crippen LogP contribution in [-0.4, -0.2) is 13.7 Å². The lowest BCUT2D eigenvalue weighted by Gasteiger charge is -2.21. The molecule has 0 heterocycles. The summed E-state index contributed by atoms with van der Waals surface area (Å²) in [6.07, 6.45) is 1.40. The van der Waals surface area contributed by atoms with Crippen molar-refractivity contribution in [1.29, 1.82) is 0 Å². The molecule has 2 rings (SSSR count). The highest BCUT2D eigenvalue weighted by molar-refractivity contribution is 7.92. The van der Waals surface area contributed by atoms with Gasteiger partial charge in [-0.2, -0.15) is 0 Å². The van der Waals surface area contributed by atoms with E-state index in [9.17, 15) is 8.42 Å². The van der Waals surface area contributed by atoms with Crippen LogP contribution < -0.4 is 5.73 Å². The van der Waals surface area contributed by atoms with Crippen LogP contribution in [0.1, 0.15) is 11.6 Å². The Hall–Kier alpha value is -1.91. The highest BCUT2D eigenvalue weighted by Gasteiger charge is 2.30. The normalized spacial score (nSPS) is 14.4. The number of rotatable bonds is 5. The maximum absolute atomic E-state index is 12.6. The van der Waals surface area contributed by atoms with Gasteiger partial charge in [0.2, 0.25) is 0 Å². The second-order valence-corrected chi connectivity index (χ2v) is 6.60. The smallest absolute Gasteiger partial charge is 0.186 e. The van der Waals surface area contributed by atoms with Crippen molar-refractivity contribution in [1.82, 2.24) is 0 Å². The third-order valence-corrected chi connectivity index (χ3v) is 5.33. The summed E-state index contributed by atoms with van der Waals surface area (Å²) in [4.78, 5) is 0.260. The molecule has 0 saturated heterocycles. The Balaban J connectivity index is 2.40. The molecule has 2 atom stereocenters. The zero-order chi connectivity index (χ0) is 14.6. The molecule has 0 bridgehead atoms. The van der Waals surface area contributed by atoms with Crippen LogP contribution in [0.3, 0.4) is 0 Å². The molecule has 4 heteroatoms. The Kier molecular flexibility index (Phi) is 4.37. The first-order valence-electron chi connectivity index (χ1n) is 6.29. The van der Waals surface area contributed by atoms with Crippen molar-refractivity contribution in [3.8, 4) is 0 Å². The van der Waals surface area contributed by atoms with Crippen molar-refractivity contribution in [2.24, 2.45) is 5.73 Å². The van der Waals surface area contributed by atoms with Gasteiger partial charge in [-0.3, -0.25) is 0 Å². The highest BCUT2D eigenvalue weighted by atomic mass is 32.2. The molecule has 20 heavy (non-hydrogen) atoms.